The van der Waals surface area contributed by atoms with Crippen LogP contribution in [0.3, 0.4) is 0 Å². The van der Waals surface area contributed by atoms with E-state index in [0.717, 1.165) is 38.5 Å². The zero-order valence-electron chi connectivity index (χ0n) is 25.0. The van der Waals surface area contributed by atoms with Crippen molar-refractivity contribution in [3.05, 3.63) is 42.0 Å². The van der Waals surface area contributed by atoms with Crippen LogP contribution in [0.15, 0.2) is 36.4 Å². The third kappa shape index (κ3) is 8.29. The van der Waals surface area contributed by atoms with Gasteiger partial charge in [-0.15, -0.1) is 0 Å². The first-order chi connectivity index (χ1) is 19.1. The molecule has 7 nitrogen and oxygen atoms in total. The van der Waals surface area contributed by atoms with Crippen molar-refractivity contribution in [3.63, 3.8) is 0 Å². The zero-order chi connectivity index (χ0) is 29.2. The Morgan fingerprint density at radius 3 is 2.40 bits per heavy atom. The summed E-state index contributed by atoms with van der Waals surface area (Å²) in [7, 11) is 4.16. The molecule has 40 heavy (non-hydrogen) atoms. The minimum Gasteiger partial charge on any atom is -0.481 e. The number of carbonyl (C=O) groups is 3. The van der Waals surface area contributed by atoms with Crippen LogP contribution in [0.25, 0.3) is 10.8 Å². The number of nitrogens with zero attached hydrogens (tertiary/aromatic N) is 1. The van der Waals surface area contributed by atoms with Gasteiger partial charge in [0.15, 0.2) is 0 Å². The average Bonchev–Trinajstić information content (AvgIpc) is 2.94. The van der Waals surface area contributed by atoms with Crippen LogP contribution >= 0.6 is 0 Å². The number of fused-ring (bicyclic) bond motifs is 1. The number of rotatable bonds is 15. The SMILES string of the molecule is CC(N[C@@H](C)C(C)CCC1CCCCC1C(=O)NCCC(CC=O)C(=O)O)c1ccc(N(C)C)c2ccccc12. The van der Waals surface area contributed by atoms with E-state index in [1.165, 1.54) is 22.0 Å². The topological polar surface area (TPSA) is 98.7 Å². The molecule has 7 heteroatoms. The van der Waals surface area contributed by atoms with Gasteiger partial charge in [-0.2, -0.15) is 0 Å². The Labute approximate surface area is 240 Å². The highest BCUT2D eigenvalue weighted by Crippen LogP contribution is 2.35. The van der Waals surface area contributed by atoms with E-state index in [0.29, 0.717) is 30.7 Å². The van der Waals surface area contributed by atoms with E-state index in [1.54, 1.807) is 0 Å². The molecule has 220 valence electrons. The quantitative estimate of drug-likeness (QED) is 0.236. The Morgan fingerprint density at radius 2 is 1.73 bits per heavy atom. The lowest BCUT2D eigenvalue weighted by molar-refractivity contribution is -0.143. The molecule has 3 N–H and O–H groups in total. The lowest BCUT2D eigenvalue weighted by Gasteiger charge is -2.33. The summed E-state index contributed by atoms with van der Waals surface area (Å²) in [4.78, 5) is 37.2. The summed E-state index contributed by atoms with van der Waals surface area (Å²) in [5.74, 6) is -0.879. The molecule has 1 aliphatic rings. The number of amides is 1. The number of anilines is 1. The van der Waals surface area contributed by atoms with Crippen LogP contribution in [0.5, 0.6) is 0 Å². The van der Waals surface area contributed by atoms with E-state index in [1.807, 2.05) is 0 Å². The van der Waals surface area contributed by atoms with E-state index in [4.69, 9.17) is 0 Å². The number of aldehydes is 1. The van der Waals surface area contributed by atoms with Gasteiger partial charge in [-0.25, -0.2) is 0 Å². The zero-order valence-corrected chi connectivity index (χ0v) is 25.0. The molecule has 2 aromatic carbocycles. The minimum absolute atomic E-state index is 0.0148. The first-order valence-corrected chi connectivity index (χ1v) is 15.0. The second-order valence-corrected chi connectivity index (χ2v) is 12.0. The van der Waals surface area contributed by atoms with Gasteiger partial charge in [-0.1, -0.05) is 50.1 Å². The van der Waals surface area contributed by atoms with E-state index >= 15 is 0 Å². The van der Waals surface area contributed by atoms with Crippen LogP contribution in [0.1, 0.15) is 83.7 Å². The number of carboxylic acid groups (broad SMARTS) is 1. The third-order valence-corrected chi connectivity index (χ3v) is 9.01. The molecule has 1 aliphatic carbocycles. The van der Waals surface area contributed by atoms with Gasteiger partial charge in [-0.3, -0.25) is 9.59 Å². The minimum atomic E-state index is -0.985. The van der Waals surface area contributed by atoms with Crippen LogP contribution < -0.4 is 15.5 Å². The summed E-state index contributed by atoms with van der Waals surface area (Å²) in [6.45, 7) is 7.10. The fraction of sp³-hybridized carbons (Fsp3) is 0.606. The summed E-state index contributed by atoms with van der Waals surface area (Å²) in [5, 5.41) is 18.6. The Hall–Kier alpha value is -2.93. The molecule has 0 radical (unpaired) electrons. The van der Waals surface area contributed by atoms with Crippen molar-refractivity contribution in [2.45, 2.75) is 84.2 Å². The number of carbonyl (C=O) groups excluding carboxylic acids is 2. The third-order valence-electron chi connectivity index (χ3n) is 9.01. The molecule has 1 saturated carbocycles. The predicted octanol–water partition coefficient (Wildman–Crippen LogP) is 5.96. The van der Waals surface area contributed by atoms with Crippen molar-refractivity contribution in [2.24, 2.45) is 23.7 Å². The number of hydrogen-bond acceptors (Lipinski definition) is 5. The molecule has 0 bridgehead atoms. The van der Waals surface area contributed by atoms with E-state index < -0.39 is 11.9 Å². The molecule has 6 atom stereocenters. The van der Waals surface area contributed by atoms with Gasteiger partial charge in [0.2, 0.25) is 5.91 Å². The fourth-order valence-corrected chi connectivity index (χ4v) is 6.31. The molecular weight excluding hydrogens is 502 g/mol. The second kappa shape index (κ2) is 15.2. The molecule has 3 rings (SSSR count). The first-order valence-electron chi connectivity index (χ1n) is 15.0. The highest BCUT2D eigenvalue weighted by Gasteiger charge is 2.31. The van der Waals surface area contributed by atoms with Gasteiger partial charge >= 0.3 is 5.97 Å². The second-order valence-electron chi connectivity index (χ2n) is 12.0. The Kier molecular flexibility index (Phi) is 12.0. The lowest BCUT2D eigenvalue weighted by Crippen LogP contribution is -2.39. The molecular formula is C33H49N3O4. The summed E-state index contributed by atoms with van der Waals surface area (Å²) < 4.78 is 0. The standard InChI is InChI=1S/C33H49N3O4/c1-22(23(2)35-24(3)27-16-17-31(36(4)5)30-13-9-8-12-29(27)30)14-15-25-10-6-7-11-28(25)32(38)34-20-18-26(19-21-37)33(39)40/h8-9,12-13,16-17,21-26,28,35H,6-7,10-11,14-15,18-20H2,1-5H3,(H,34,38)(H,39,40)/t22?,23-,24?,25?,26?,28?/m0/s1. The van der Waals surface area contributed by atoms with Crippen LogP contribution in [0.2, 0.25) is 0 Å². The van der Waals surface area contributed by atoms with Crippen molar-refractivity contribution < 1.29 is 19.5 Å². The maximum absolute atomic E-state index is 13.0. The number of benzene rings is 2. The number of carboxylic acids is 1. The fourth-order valence-electron chi connectivity index (χ4n) is 6.31. The van der Waals surface area contributed by atoms with Crippen molar-refractivity contribution in [2.75, 3.05) is 25.5 Å². The number of nitrogens with one attached hydrogen (secondary N) is 2. The molecule has 1 fully saturated rings. The van der Waals surface area contributed by atoms with Gasteiger partial charge in [0.1, 0.15) is 6.29 Å². The summed E-state index contributed by atoms with van der Waals surface area (Å²) in [6, 6.07) is 13.6. The summed E-state index contributed by atoms with van der Waals surface area (Å²) >= 11 is 0. The molecule has 0 aromatic heterocycles. The van der Waals surface area contributed by atoms with Crippen LogP contribution in [-0.4, -0.2) is 50.0 Å². The smallest absolute Gasteiger partial charge is 0.306 e. The molecule has 0 heterocycles. The molecule has 1 amide bonds. The van der Waals surface area contributed by atoms with Gasteiger partial charge < -0.3 is 25.4 Å². The maximum atomic E-state index is 13.0. The molecule has 0 spiro atoms. The summed E-state index contributed by atoms with van der Waals surface area (Å²) in [6.07, 6.45) is 7.14. The first kappa shape index (κ1) is 31.6. The van der Waals surface area contributed by atoms with Crippen molar-refractivity contribution >= 4 is 34.6 Å². The molecule has 2 aromatic rings. The molecule has 0 aliphatic heterocycles. The normalized spacial score (nSPS) is 20.3. The van der Waals surface area contributed by atoms with Crippen molar-refractivity contribution in [1.29, 1.82) is 0 Å². The summed E-state index contributed by atoms with van der Waals surface area (Å²) in [5.41, 5.74) is 2.53. The lowest BCUT2D eigenvalue weighted by atomic mass is 9.75. The van der Waals surface area contributed by atoms with Crippen LogP contribution in [0.4, 0.5) is 5.69 Å². The monoisotopic (exact) mass is 551 g/mol. The Morgan fingerprint density at radius 1 is 1.02 bits per heavy atom. The van der Waals surface area contributed by atoms with Crippen molar-refractivity contribution in [3.8, 4) is 0 Å². The predicted molar refractivity (Wildman–Crippen MR) is 163 cm³/mol. The van der Waals surface area contributed by atoms with Gasteiger partial charge in [0, 0.05) is 56.1 Å². The largest absolute Gasteiger partial charge is 0.481 e. The highest BCUT2D eigenvalue weighted by molar-refractivity contribution is 5.96. The van der Waals surface area contributed by atoms with E-state index in [2.05, 4.69) is 86.8 Å². The van der Waals surface area contributed by atoms with E-state index in [-0.39, 0.29) is 30.7 Å². The Bertz CT molecular complexity index is 1130. The number of hydrogen-bond donors (Lipinski definition) is 3. The van der Waals surface area contributed by atoms with Gasteiger partial charge in [-0.05, 0) is 74.8 Å². The average molecular weight is 552 g/mol. The molecule has 5 unspecified atom stereocenters. The highest BCUT2D eigenvalue weighted by atomic mass is 16.4. The van der Waals surface area contributed by atoms with Gasteiger partial charge in [0.25, 0.3) is 0 Å². The van der Waals surface area contributed by atoms with Crippen LogP contribution in [0, 0.1) is 23.7 Å². The molecule has 0 saturated heterocycles. The maximum Gasteiger partial charge on any atom is 0.306 e. The van der Waals surface area contributed by atoms with Crippen LogP contribution in [-0.2, 0) is 14.4 Å². The number of aliphatic carboxylic acids is 1. The van der Waals surface area contributed by atoms with Gasteiger partial charge in [0.05, 0.1) is 5.92 Å². The Balaban J connectivity index is 1.54. The van der Waals surface area contributed by atoms with Crippen molar-refractivity contribution in [1.82, 2.24) is 10.6 Å². The van der Waals surface area contributed by atoms with E-state index in [9.17, 15) is 19.5 Å².